The van der Waals surface area contributed by atoms with Crippen LogP contribution >= 0.6 is 0 Å². The molecule has 3 unspecified atom stereocenters. The van der Waals surface area contributed by atoms with Crippen LogP contribution in [0, 0.1) is 5.92 Å². The minimum Gasteiger partial charge on any atom is -0.507 e. The molecule has 0 radical (unpaired) electrons. The van der Waals surface area contributed by atoms with Crippen molar-refractivity contribution >= 4 is 23.5 Å². The number of cyclic esters (lactones) is 1. The zero-order valence-corrected chi connectivity index (χ0v) is 17.0. The maximum atomic E-state index is 12.7. The van der Waals surface area contributed by atoms with E-state index in [0.29, 0.717) is 17.8 Å². The third-order valence-electron chi connectivity index (χ3n) is 4.86. The normalized spacial score (nSPS) is 28.0. The molecule has 1 aromatic rings. The first-order valence-corrected chi connectivity index (χ1v) is 9.81. The molecule has 0 spiro atoms. The smallest absolute Gasteiger partial charge is 0.342 e. The van der Waals surface area contributed by atoms with Gasteiger partial charge in [-0.3, -0.25) is 4.79 Å². The number of anilines is 1. The molecule has 0 amide bonds. The first-order chi connectivity index (χ1) is 13.7. The van der Waals surface area contributed by atoms with Crippen LogP contribution in [0.15, 0.2) is 30.4 Å². The van der Waals surface area contributed by atoms with E-state index in [1.807, 2.05) is 6.92 Å². The van der Waals surface area contributed by atoms with Gasteiger partial charge in [-0.2, -0.15) is 0 Å². The molecule has 1 aromatic carbocycles. The van der Waals surface area contributed by atoms with E-state index in [1.165, 1.54) is 24.3 Å². The summed E-state index contributed by atoms with van der Waals surface area (Å²) >= 11 is 0. The van der Waals surface area contributed by atoms with Gasteiger partial charge < -0.3 is 25.4 Å². The second-order valence-electron chi connectivity index (χ2n) is 7.27. The summed E-state index contributed by atoms with van der Waals surface area (Å²) in [5.41, 5.74) is 1.07. The summed E-state index contributed by atoms with van der Waals surface area (Å²) in [6.45, 7) is 6.14. The van der Waals surface area contributed by atoms with Crippen molar-refractivity contribution in [2.75, 3.05) is 11.9 Å². The molecule has 0 saturated heterocycles. The van der Waals surface area contributed by atoms with Crippen molar-refractivity contribution in [3.05, 3.63) is 41.5 Å². The fourth-order valence-electron chi connectivity index (χ4n) is 2.86. The van der Waals surface area contributed by atoms with E-state index in [2.05, 4.69) is 5.32 Å². The summed E-state index contributed by atoms with van der Waals surface area (Å²) in [7, 11) is 0. The van der Waals surface area contributed by atoms with E-state index in [9.17, 15) is 24.9 Å². The highest BCUT2D eigenvalue weighted by molar-refractivity contribution is 5.97. The van der Waals surface area contributed by atoms with E-state index in [0.717, 1.165) is 6.42 Å². The number of rotatable bonds is 3. The third kappa shape index (κ3) is 5.92. The predicted molar refractivity (Wildman–Crippen MR) is 111 cm³/mol. The number of hydrogen-bond donors (Lipinski definition) is 4. The maximum absolute atomic E-state index is 12.7. The summed E-state index contributed by atoms with van der Waals surface area (Å²) < 4.78 is 5.49. The first kappa shape index (κ1) is 22.6. The molecule has 158 valence electrons. The van der Waals surface area contributed by atoms with Gasteiger partial charge in [0.05, 0.1) is 6.10 Å². The monoisotopic (exact) mass is 403 g/mol. The fraction of sp³-hybridized carbons (Fsp3) is 0.455. The third-order valence-corrected chi connectivity index (χ3v) is 4.86. The van der Waals surface area contributed by atoms with Crippen molar-refractivity contribution in [2.45, 2.75) is 51.9 Å². The molecule has 7 heteroatoms. The minimum absolute atomic E-state index is 0.00539. The molecule has 4 N–H and O–H groups in total. The Bertz CT molecular complexity index is 801. The van der Waals surface area contributed by atoms with Crippen LogP contribution in [0.5, 0.6) is 5.75 Å². The zero-order chi connectivity index (χ0) is 21.6. The Morgan fingerprint density at radius 2 is 1.90 bits per heavy atom. The Labute approximate surface area is 170 Å². The van der Waals surface area contributed by atoms with Crippen molar-refractivity contribution in [2.24, 2.45) is 5.92 Å². The second-order valence-corrected chi connectivity index (χ2v) is 7.27. The van der Waals surface area contributed by atoms with Crippen LogP contribution in [0.4, 0.5) is 5.69 Å². The van der Waals surface area contributed by atoms with Crippen LogP contribution < -0.4 is 5.32 Å². The predicted octanol–water partition coefficient (Wildman–Crippen LogP) is 2.66. The lowest BCUT2D eigenvalue weighted by Crippen LogP contribution is -2.32. The van der Waals surface area contributed by atoms with Crippen LogP contribution in [-0.2, 0) is 9.53 Å². The molecular formula is C22H29NO6. The number of ether oxygens (including phenoxy) is 1. The van der Waals surface area contributed by atoms with Crippen molar-refractivity contribution in [3.63, 3.8) is 0 Å². The summed E-state index contributed by atoms with van der Waals surface area (Å²) in [5.74, 6) is -1.82. The largest absolute Gasteiger partial charge is 0.507 e. The van der Waals surface area contributed by atoms with Gasteiger partial charge in [0.1, 0.15) is 23.5 Å². The standard InChI is InChI=1S/C22H29NO6/c1-4-10-23-16-11-15-6-5-7-17(24)21(27)18(25)9-8-13(2)14(3)29-22(28)20(15)19(26)12-16/h5-6,8-9,11-14,17,21,23-24,26-27H,4,7,10H2,1-3H3/b6-5+,9-8-/t13-,14?,17?,21?/m1/s1. The number of phenols is 1. The van der Waals surface area contributed by atoms with E-state index >= 15 is 0 Å². The highest BCUT2D eigenvalue weighted by Crippen LogP contribution is 2.30. The number of hydrogen-bond acceptors (Lipinski definition) is 7. The maximum Gasteiger partial charge on any atom is 0.342 e. The number of phenolic OH excluding ortho intramolecular Hbond substituents is 1. The van der Waals surface area contributed by atoms with Gasteiger partial charge in [0, 0.05) is 24.2 Å². The number of ketones is 1. The van der Waals surface area contributed by atoms with Gasteiger partial charge in [-0.25, -0.2) is 4.79 Å². The first-order valence-electron chi connectivity index (χ1n) is 9.81. The lowest BCUT2D eigenvalue weighted by atomic mass is 9.99. The van der Waals surface area contributed by atoms with Gasteiger partial charge in [-0.1, -0.05) is 32.1 Å². The molecule has 0 aliphatic carbocycles. The number of aliphatic hydroxyl groups excluding tert-OH is 2. The zero-order valence-electron chi connectivity index (χ0n) is 17.0. The van der Waals surface area contributed by atoms with Crippen molar-refractivity contribution in [1.29, 1.82) is 0 Å². The molecule has 1 heterocycles. The number of benzene rings is 1. The van der Waals surface area contributed by atoms with Gasteiger partial charge in [0.2, 0.25) is 0 Å². The van der Waals surface area contributed by atoms with Gasteiger partial charge in [0.25, 0.3) is 0 Å². The molecule has 2 rings (SSSR count). The SMILES string of the molecule is CCCNc1cc(O)c2c(c1)/C=C/CC(O)C(O)C(=O)/C=C\[C@@H](C)C(C)OC2=O. The Kier molecular flexibility index (Phi) is 7.99. The minimum atomic E-state index is -1.55. The highest BCUT2D eigenvalue weighted by Gasteiger charge is 2.25. The molecule has 0 fully saturated rings. The van der Waals surface area contributed by atoms with E-state index in [-0.39, 0.29) is 23.7 Å². The summed E-state index contributed by atoms with van der Waals surface area (Å²) in [6, 6.07) is 3.17. The van der Waals surface area contributed by atoms with E-state index in [4.69, 9.17) is 4.74 Å². The number of carbonyl (C=O) groups is 2. The Morgan fingerprint density at radius 3 is 2.59 bits per heavy atom. The lowest BCUT2D eigenvalue weighted by molar-refractivity contribution is -0.127. The molecule has 1 aliphatic rings. The van der Waals surface area contributed by atoms with Gasteiger partial charge in [0.15, 0.2) is 5.78 Å². The van der Waals surface area contributed by atoms with Gasteiger partial charge >= 0.3 is 5.97 Å². The molecule has 7 nitrogen and oxygen atoms in total. The number of aromatic hydroxyl groups is 1. The van der Waals surface area contributed by atoms with Crippen LogP contribution in [-0.4, -0.2) is 51.9 Å². The molecule has 4 atom stereocenters. The van der Waals surface area contributed by atoms with Crippen LogP contribution in [0.1, 0.15) is 49.5 Å². The average molecular weight is 403 g/mol. The second kappa shape index (κ2) is 10.2. The Balaban J connectivity index is 2.47. The number of aliphatic hydroxyl groups is 2. The van der Waals surface area contributed by atoms with Crippen molar-refractivity contribution < 1.29 is 29.6 Å². The molecule has 1 aliphatic heterocycles. The molecule has 0 saturated carbocycles. The number of esters is 1. The highest BCUT2D eigenvalue weighted by atomic mass is 16.5. The molecular weight excluding hydrogens is 374 g/mol. The average Bonchev–Trinajstić information content (AvgIpc) is 2.68. The quantitative estimate of drug-likeness (QED) is 0.573. The summed E-state index contributed by atoms with van der Waals surface area (Å²) in [5, 5.41) is 33.7. The van der Waals surface area contributed by atoms with Crippen LogP contribution in [0.3, 0.4) is 0 Å². The number of fused-ring (bicyclic) bond motifs is 1. The Hall–Kier alpha value is -2.64. The summed E-state index contributed by atoms with van der Waals surface area (Å²) in [6.07, 6.45) is 3.28. The molecule has 0 aromatic heterocycles. The van der Waals surface area contributed by atoms with Crippen LogP contribution in [0.25, 0.3) is 6.08 Å². The summed E-state index contributed by atoms with van der Waals surface area (Å²) in [4.78, 5) is 24.8. The van der Waals surface area contributed by atoms with Gasteiger partial charge in [-0.15, -0.1) is 0 Å². The van der Waals surface area contributed by atoms with Crippen molar-refractivity contribution in [3.8, 4) is 5.75 Å². The van der Waals surface area contributed by atoms with E-state index < -0.39 is 30.1 Å². The molecule has 29 heavy (non-hydrogen) atoms. The van der Waals surface area contributed by atoms with Crippen LogP contribution in [0.2, 0.25) is 0 Å². The lowest BCUT2D eigenvalue weighted by Gasteiger charge is -2.20. The van der Waals surface area contributed by atoms with Gasteiger partial charge in [-0.05, 0) is 37.5 Å². The fourth-order valence-corrected chi connectivity index (χ4v) is 2.86. The molecule has 0 bridgehead atoms. The Morgan fingerprint density at radius 1 is 1.17 bits per heavy atom. The topological polar surface area (TPSA) is 116 Å². The number of nitrogens with one attached hydrogen (secondary N) is 1. The number of carbonyl (C=O) groups excluding carboxylic acids is 2. The van der Waals surface area contributed by atoms with E-state index in [1.54, 1.807) is 26.0 Å². The van der Waals surface area contributed by atoms with Crippen molar-refractivity contribution in [1.82, 2.24) is 0 Å².